The number of benzene rings is 1. The van der Waals surface area contributed by atoms with Gasteiger partial charge in [-0.1, -0.05) is 12.1 Å². The van der Waals surface area contributed by atoms with Gasteiger partial charge in [-0.05, 0) is 49.3 Å². The second kappa shape index (κ2) is 5.14. The largest absolute Gasteiger partial charge is 0.381 e. The number of nitrogens with zero attached hydrogens (tertiary/aromatic N) is 1. The normalized spacial score (nSPS) is 25.0. The Bertz CT molecular complexity index is 369. The van der Waals surface area contributed by atoms with Gasteiger partial charge in [0.15, 0.2) is 0 Å². The lowest BCUT2D eigenvalue weighted by Gasteiger charge is -2.27. The van der Waals surface area contributed by atoms with Crippen LogP contribution in [-0.4, -0.2) is 13.2 Å². The average molecular weight is 215 g/mol. The van der Waals surface area contributed by atoms with Crippen molar-refractivity contribution < 1.29 is 4.74 Å². The van der Waals surface area contributed by atoms with Crippen molar-refractivity contribution in [3.05, 3.63) is 35.4 Å². The number of nitriles is 1. The molecule has 1 fully saturated rings. The topological polar surface area (TPSA) is 33.0 Å². The fourth-order valence-electron chi connectivity index (χ4n) is 2.46. The number of ether oxygens (including phenoxy) is 1. The summed E-state index contributed by atoms with van der Waals surface area (Å²) in [5.74, 6) is 0.652. The third kappa shape index (κ3) is 2.43. The van der Waals surface area contributed by atoms with Crippen LogP contribution in [0.2, 0.25) is 0 Å². The molecule has 0 aromatic heterocycles. The Kier molecular flexibility index (Phi) is 3.58. The predicted octanol–water partition coefficient (Wildman–Crippen LogP) is 3.23. The summed E-state index contributed by atoms with van der Waals surface area (Å²) < 4.78 is 5.37. The molecule has 0 bridgehead atoms. The first-order valence-electron chi connectivity index (χ1n) is 5.86. The molecule has 84 valence electrons. The lowest BCUT2D eigenvalue weighted by Crippen LogP contribution is -2.19. The molecule has 0 radical (unpaired) electrons. The molecule has 0 spiro atoms. The molecule has 1 aromatic rings. The molecular weight excluding hydrogens is 198 g/mol. The van der Waals surface area contributed by atoms with Crippen LogP contribution in [0, 0.1) is 11.3 Å². The van der Waals surface area contributed by atoms with Crippen LogP contribution in [0.1, 0.15) is 42.7 Å². The van der Waals surface area contributed by atoms with Crippen molar-refractivity contribution in [1.82, 2.24) is 0 Å². The predicted molar refractivity (Wildman–Crippen MR) is 63.2 cm³/mol. The zero-order valence-corrected chi connectivity index (χ0v) is 9.65. The maximum atomic E-state index is 8.74. The van der Waals surface area contributed by atoms with Gasteiger partial charge in [0.2, 0.25) is 0 Å². The summed E-state index contributed by atoms with van der Waals surface area (Å²) in [6.45, 7) is 0. The summed E-state index contributed by atoms with van der Waals surface area (Å²) in [7, 11) is 1.80. The standard InChI is InChI=1S/C14H17NO/c1-16-14-8-6-13(7-9-14)12-4-2-11(10-15)3-5-12/h2-5,13-14H,6-9H2,1H3. The molecule has 1 aliphatic rings. The van der Waals surface area contributed by atoms with Gasteiger partial charge < -0.3 is 4.74 Å². The lowest BCUT2D eigenvalue weighted by molar-refractivity contribution is 0.0659. The van der Waals surface area contributed by atoms with Crippen LogP contribution in [0.3, 0.4) is 0 Å². The fraction of sp³-hybridized carbons (Fsp3) is 0.500. The van der Waals surface area contributed by atoms with E-state index in [0.29, 0.717) is 12.0 Å². The molecule has 0 atom stereocenters. The molecule has 0 aliphatic heterocycles. The zero-order valence-electron chi connectivity index (χ0n) is 9.65. The fourth-order valence-corrected chi connectivity index (χ4v) is 2.46. The monoisotopic (exact) mass is 215 g/mol. The maximum absolute atomic E-state index is 8.74. The van der Waals surface area contributed by atoms with Crippen molar-refractivity contribution in [2.45, 2.75) is 37.7 Å². The molecule has 2 rings (SSSR count). The van der Waals surface area contributed by atoms with Crippen molar-refractivity contribution in [3.63, 3.8) is 0 Å². The van der Waals surface area contributed by atoms with Crippen molar-refractivity contribution in [2.75, 3.05) is 7.11 Å². The van der Waals surface area contributed by atoms with Gasteiger partial charge in [-0.2, -0.15) is 5.26 Å². The van der Waals surface area contributed by atoms with Crippen LogP contribution in [0.4, 0.5) is 0 Å². The van der Waals surface area contributed by atoms with E-state index < -0.39 is 0 Å². The molecule has 0 heterocycles. The van der Waals surface area contributed by atoms with Gasteiger partial charge in [-0.15, -0.1) is 0 Å². The highest BCUT2D eigenvalue weighted by molar-refractivity contribution is 5.33. The first-order valence-corrected chi connectivity index (χ1v) is 5.86. The first-order chi connectivity index (χ1) is 7.83. The summed E-state index contributed by atoms with van der Waals surface area (Å²) >= 11 is 0. The Morgan fingerprint density at radius 1 is 1.12 bits per heavy atom. The Labute approximate surface area is 96.9 Å². The van der Waals surface area contributed by atoms with Gasteiger partial charge in [-0.25, -0.2) is 0 Å². The molecule has 2 nitrogen and oxygen atoms in total. The minimum Gasteiger partial charge on any atom is -0.381 e. The second-order valence-electron chi connectivity index (χ2n) is 4.44. The van der Waals surface area contributed by atoms with E-state index in [0.717, 1.165) is 18.4 Å². The van der Waals surface area contributed by atoms with E-state index in [1.807, 2.05) is 12.1 Å². The summed E-state index contributed by atoms with van der Waals surface area (Å²) in [5.41, 5.74) is 2.11. The van der Waals surface area contributed by atoms with E-state index in [9.17, 15) is 0 Å². The van der Waals surface area contributed by atoms with Crippen LogP contribution in [0.5, 0.6) is 0 Å². The molecule has 16 heavy (non-hydrogen) atoms. The highest BCUT2D eigenvalue weighted by Gasteiger charge is 2.21. The van der Waals surface area contributed by atoms with E-state index in [-0.39, 0.29) is 0 Å². The van der Waals surface area contributed by atoms with Crippen LogP contribution in [0.15, 0.2) is 24.3 Å². The van der Waals surface area contributed by atoms with Crippen LogP contribution in [-0.2, 0) is 4.74 Å². The molecule has 0 saturated heterocycles. The maximum Gasteiger partial charge on any atom is 0.0991 e. The van der Waals surface area contributed by atoms with Crippen LogP contribution < -0.4 is 0 Å². The number of rotatable bonds is 2. The molecule has 1 saturated carbocycles. The molecule has 0 amide bonds. The zero-order chi connectivity index (χ0) is 11.4. The van der Waals surface area contributed by atoms with Gasteiger partial charge in [0.1, 0.15) is 0 Å². The van der Waals surface area contributed by atoms with Crippen molar-refractivity contribution >= 4 is 0 Å². The van der Waals surface area contributed by atoms with E-state index in [2.05, 4.69) is 18.2 Å². The highest BCUT2D eigenvalue weighted by Crippen LogP contribution is 2.33. The van der Waals surface area contributed by atoms with Gasteiger partial charge >= 0.3 is 0 Å². The van der Waals surface area contributed by atoms with Crippen molar-refractivity contribution in [2.24, 2.45) is 0 Å². The van der Waals surface area contributed by atoms with E-state index in [4.69, 9.17) is 10.00 Å². The van der Waals surface area contributed by atoms with Crippen molar-refractivity contribution in [1.29, 1.82) is 5.26 Å². The molecule has 1 aliphatic carbocycles. The van der Waals surface area contributed by atoms with Crippen molar-refractivity contribution in [3.8, 4) is 6.07 Å². The quantitative estimate of drug-likeness (QED) is 0.758. The minimum absolute atomic E-state index is 0.453. The smallest absolute Gasteiger partial charge is 0.0991 e. The van der Waals surface area contributed by atoms with E-state index in [1.54, 1.807) is 7.11 Å². The molecule has 1 aromatic carbocycles. The molecule has 2 heteroatoms. The highest BCUT2D eigenvalue weighted by atomic mass is 16.5. The molecule has 0 unspecified atom stereocenters. The summed E-state index contributed by atoms with van der Waals surface area (Å²) in [5, 5.41) is 8.74. The van der Waals surface area contributed by atoms with Gasteiger partial charge in [0, 0.05) is 7.11 Å². The number of methoxy groups -OCH3 is 1. The van der Waals surface area contributed by atoms with Gasteiger partial charge in [-0.3, -0.25) is 0 Å². The number of hydrogen-bond donors (Lipinski definition) is 0. The minimum atomic E-state index is 0.453. The third-order valence-electron chi connectivity index (χ3n) is 3.52. The summed E-state index contributed by atoms with van der Waals surface area (Å²) in [4.78, 5) is 0. The SMILES string of the molecule is COC1CCC(c2ccc(C#N)cc2)CC1. The van der Waals surface area contributed by atoms with E-state index >= 15 is 0 Å². The Morgan fingerprint density at radius 2 is 1.75 bits per heavy atom. The average Bonchev–Trinajstić information content (AvgIpc) is 2.39. The van der Waals surface area contributed by atoms with E-state index in [1.165, 1.54) is 18.4 Å². The lowest BCUT2D eigenvalue weighted by atomic mass is 9.82. The van der Waals surface area contributed by atoms with Crippen LogP contribution in [0.25, 0.3) is 0 Å². The second-order valence-corrected chi connectivity index (χ2v) is 4.44. The Hall–Kier alpha value is -1.33. The first kappa shape index (κ1) is 11.2. The Balaban J connectivity index is 2.00. The Morgan fingerprint density at radius 3 is 2.25 bits per heavy atom. The number of hydrogen-bond acceptors (Lipinski definition) is 2. The summed E-state index contributed by atoms with van der Waals surface area (Å²) in [6.07, 6.45) is 5.16. The molecule has 0 N–H and O–H groups in total. The van der Waals surface area contributed by atoms with Gasteiger partial charge in [0.25, 0.3) is 0 Å². The van der Waals surface area contributed by atoms with Gasteiger partial charge in [0.05, 0.1) is 17.7 Å². The summed E-state index contributed by atoms with van der Waals surface area (Å²) in [6, 6.07) is 10.2. The van der Waals surface area contributed by atoms with Crippen LogP contribution >= 0.6 is 0 Å². The third-order valence-corrected chi connectivity index (χ3v) is 3.52. The molecular formula is C14H17NO.